The molecule has 1 aliphatic carbocycles. The molecule has 0 spiro atoms. The number of anilines is 3. The van der Waals surface area contributed by atoms with E-state index in [9.17, 15) is 33.8 Å². The minimum atomic E-state index is -4.76. The van der Waals surface area contributed by atoms with Gasteiger partial charge < -0.3 is 29.4 Å². The molecule has 1 atom stereocenters. The number of nitrogens with zero attached hydrogens (tertiary/aromatic N) is 7. The fourth-order valence-electron chi connectivity index (χ4n) is 8.13. The summed E-state index contributed by atoms with van der Waals surface area (Å²) in [5.41, 5.74) is 3.34. The Bertz CT molecular complexity index is 2150. The Labute approximate surface area is 310 Å². The molecule has 282 valence electrons. The van der Waals surface area contributed by atoms with E-state index in [1.165, 1.54) is 23.0 Å². The van der Waals surface area contributed by atoms with Crippen LogP contribution in [-0.2, 0) is 18.9 Å². The standard InChI is InChI=1S/C36H40N9O8P/c46-31-7-2-1-4-26(31)27-18-30(35(40-39-27)41-54(50,51)52)45-20-24(19-37-45)43-15-14-42(21-33(43)48)23-10-8-22(9-11-23)25-5-3-6-28-34(25)53-17-16-44(28)29-12-13-32(47)38-36(29)49/h1-7,18-20,22-23,29,46H,8-17,21H2,(H,38,47,49)(H3,40,41,50,51,52)/t22?,23?,29-/m0/s1. The molecule has 2 aromatic heterocycles. The first-order valence-corrected chi connectivity index (χ1v) is 19.6. The van der Waals surface area contributed by atoms with Crippen LogP contribution in [0.5, 0.6) is 11.5 Å². The Morgan fingerprint density at radius 3 is 2.50 bits per heavy atom. The number of amides is 3. The van der Waals surface area contributed by atoms with Gasteiger partial charge in [-0.15, -0.1) is 10.2 Å². The van der Waals surface area contributed by atoms with Gasteiger partial charge in [0.15, 0.2) is 5.82 Å². The number of aromatic nitrogens is 4. The number of carbonyl (C=O) groups is 3. The topological polar surface area (TPSA) is 216 Å². The number of fused-ring (bicyclic) bond motifs is 1. The van der Waals surface area contributed by atoms with Gasteiger partial charge in [0.25, 0.3) is 0 Å². The molecule has 5 heterocycles. The van der Waals surface area contributed by atoms with E-state index in [1.54, 1.807) is 29.3 Å². The Morgan fingerprint density at radius 2 is 1.74 bits per heavy atom. The lowest BCUT2D eigenvalue weighted by atomic mass is 9.80. The predicted octanol–water partition coefficient (Wildman–Crippen LogP) is 2.92. The summed E-state index contributed by atoms with van der Waals surface area (Å²) < 4.78 is 19.4. The summed E-state index contributed by atoms with van der Waals surface area (Å²) in [7, 11) is -4.76. The van der Waals surface area contributed by atoms with E-state index < -0.39 is 13.8 Å². The number of aromatic hydroxyl groups is 1. The molecule has 2 aromatic carbocycles. The van der Waals surface area contributed by atoms with Crippen LogP contribution in [0.1, 0.15) is 50.0 Å². The Balaban J connectivity index is 0.928. The number of carbonyl (C=O) groups excluding carboxylic acids is 3. The number of rotatable bonds is 8. The number of imide groups is 1. The molecule has 4 aromatic rings. The zero-order valence-electron chi connectivity index (χ0n) is 29.2. The summed E-state index contributed by atoms with van der Waals surface area (Å²) >= 11 is 0. The third kappa shape index (κ3) is 7.14. The van der Waals surface area contributed by atoms with Gasteiger partial charge >= 0.3 is 7.75 Å². The molecular weight excluding hydrogens is 717 g/mol. The summed E-state index contributed by atoms with van der Waals surface area (Å²) in [6.07, 6.45) is 7.61. The van der Waals surface area contributed by atoms with Crippen molar-refractivity contribution in [1.29, 1.82) is 0 Å². The maximum absolute atomic E-state index is 13.6. The SMILES string of the molecule is O=C1CC[C@H](N2CCOc3c(C4CCC(N5CCN(c6cnn(-c7cc(-c8ccccc8O)nnc7NP(=O)(O)O)c6)C(=O)C5)CC4)cccc32)C(=O)N1. The summed E-state index contributed by atoms with van der Waals surface area (Å²) in [5.74, 6) is 0.254. The van der Waals surface area contributed by atoms with Gasteiger partial charge in [-0.2, -0.15) is 5.10 Å². The lowest BCUT2D eigenvalue weighted by Crippen LogP contribution is -2.54. The number of hydrogen-bond acceptors (Lipinski definition) is 11. The number of phenolic OH excluding ortho intramolecular Hbond substituents is 1. The summed E-state index contributed by atoms with van der Waals surface area (Å²) in [5, 5.41) is 27.4. The molecule has 0 unspecified atom stereocenters. The molecule has 8 rings (SSSR count). The van der Waals surface area contributed by atoms with Crippen LogP contribution in [0.3, 0.4) is 0 Å². The largest absolute Gasteiger partial charge is 0.507 e. The van der Waals surface area contributed by atoms with Crippen molar-refractivity contribution in [2.24, 2.45) is 0 Å². The number of phenols is 1. The number of nitrogens with one attached hydrogen (secondary N) is 2. The normalized spacial score (nSPS) is 22.4. The number of ether oxygens (including phenoxy) is 1. The van der Waals surface area contributed by atoms with Crippen molar-refractivity contribution in [3.63, 3.8) is 0 Å². The van der Waals surface area contributed by atoms with Crippen LogP contribution in [0.2, 0.25) is 0 Å². The number of para-hydroxylation sites is 2. The predicted molar refractivity (Wildman–Crippen MR) is 196 cm³/mol. The molecule has 3 aliphatic heterocycles. The van der Waals surface area contributed by atoms with E-state index in [0.717, 1.165) is 42.7 Å². The zero-order valence-corrected chi connectivity index (χ0v) is 30.1. The van der Waals surface area contributed by atoms with Gasteiger partial charge in [-0.1, -0.05) is 24.3 Å². The summed E-state index contributed by atoms with van der Waals surface area (Å²) in [4.78, 5) is 63.3. The fourth-order valence-corrected chi connectivity index (χ4v) is 8.56. The van der Waals surface area contributed by atoms with Gasteiger partial charge in [-0.3, -0.25) is 29.7 Å². The van der Waals surface area contributed by atoms with Crippen molar-refractivity contribution in [2.45, 2.75) is 56.5 Å². The van der Waals surface area contributed by atoms with E-state index in [0.29, 0.717) is 50.3 Å². The lowest BCUT2D eigenvalue weighted by molar-refractivity contribution is -0.134. The summed E-state index contributed by atoms with van der Waals surface area (Å²) in [6.45, 7) is 2.38. The Hall–Kier alpha value is -5.35. The van der Waals surface area contributed by atoms with Crippen LogP contribution in [0.15, 0.2) is 60.9 Å². The molecule has 2 saturated heterocycles. The molecule has 5 N–H and O–H groups in total. The molecule has 17 nitrogen and oxygen atoms in total. The lowest BCUT2D eigenvalue weighted by Gasteiger charge is -2.42. The minimum Gasteiger partial charge on any atom is -0.507 e. The van der Waals surface area contributed by atoms with E-state index in [2.05, 4.69) is 41.6 Å². The first-order valence-electron chi connectivity index (χ1n) is 18.0. The van der Waals surface area contributed by atoms with Gasteiger partial charge in [-0.25, -0.2) is 9.25 Å². The monoisotopic (exact) mass is 757 g/mol. The van der Waals surface area contributed by atoms with Crippen molar-refractivity contribution in [3.05, 3.63) is 66.5 Å². The molecule has 1 saturated carbocycles. The quantitative estimate of drug-likeness (QED) is 0.129. The second kappa shape index (κ2) is 14.5. The van der Waals surface area contributed by atoms with Crippen molar-refractivity contribution in [3.8, 4) is 28.4 Å². The summed E-state index contributed by atoms with van der Waals surface area (Å²) in [6, 6.07) is 14.0. The van der Waals surface area contributed by atoms with Crippen molar-refractivity contribution >= 4 is 42.7 Å². The molecule has 4 aliphatic rings. The molecule has 3 fully saturated rings. The minimum absolute atomic E-state index is 0.0436. The first kappa shape index (κ1) is 35.7. The third-order valence-electron chi connectivity index (χ3n) is 10.7. The maximum atomic E-state index is 13.6. The van der Waals surface area contributed by atoms with E-state index in [4.69, 9.17) is 4.74 Å². The van der Waals surface area contributed by atoms with Crippen LogP contribution >= 0.6 is 7.75 Å². The van der Waals surface area contributed by atoms with E-state index >= 15 is 0 Å². The van der Waals surface area contributed by atoms with Gasteiger partial charge in [0, 0.05) is 31.1 Å². The second-order valence-electron chi connectivity index (χ2n) is 14.0. The average Bonchev–Trinajstić information content (AvgIpc) is 3.64. The number of piperidine rings is 1. The van der Waals surface area contributed by atoms with Crippen molar-refractivity contribution in [2.75, 3.05) is 47.7 Å². The van der Waals surface area contributed by atoms with Gasteiger partial charge in [0.2, 0.25) is 17.7 Å². The van der Waals surface area contributed by atoms with Crippen LogP contribution in [-0.4, -0.2) is 102 Å². The third-order valence-corrected chi connectivity index (χ3v) is 11.2. The maximum Gasteiger partial charge on any atom is 0.428 e. The van der Waals surface area contributed by atoms with Crippen LogP contribution < -0.4 is 24.9 Å². The van der Waals surface area contributed by atoms with Crippen LogP contribution in [0.4, 0.5) is 17.2 Å². The average molecular weight is 758 g/mol. The number of benzene rings is 2. The number of piperazine rings is 1. The first-order chi connectivity index (χ1) is 26.0. The highest BCUT2D eigenvalue weighted by Gasteiger charge is 2.38. The smallest absolute Gasteiger partial charge is 0.428 e. The van der Waals surface area contributed by atoms with Crippen LogP contribution in [0.25, 0.3) is 16.9 Å². The number of hydrogen-bond donors (Lipinski definition) is 5. The highest BCUT2D eigenvalue weighted by atomic mass is 31.2. The fraction of sp³-hybridized carbons (Fsp3) is 0.389. The van der Waals surface area contributed by atoms with Crippen molar-refractivity contribution < 1.29 is 38.6 Å². The molecule has 0 radical (unpaired) electrons. The molecule has 54 heavy (non-hydrogen) atoms. The van der Waals surface area contributed by atoms with Gasteiger partial charge in [0.05, 0.1) is 42.6 Å². The molecule has 18 heteroatoms. The van der Waals surface area contributed by atoms with Gasteiger partial charge in [-0.05, 0) is 67.9 Å². The second-order valence-corrected chi connectivity index (χ2v) is 15.3. The Morgan fingerprint density at radius 1 is 0.926 bits per heavy atom. The van der Waals surface area contributed by atoms with Gasteiger partial charge in [0.1, 0.15) is 29.8 Å². The van der Waals surface area contributed by atoms with Crippen molar-refractivity contribution in [1.82, 2.24) is 30.2 Å². The van der Waals surface area contributed by atoms with Crippen LogP contribution in [0, 0.1) is 0 Å². The zero-order chi connectivity index (χ0) is 37.6. The highest BCUT2D eigenvalue weighted by molar-refractivity contribution is 7.53. The molecular formula is C36H40N9O8P. The Kier molecular flexibility index (Phi) is 9.56. The molecule has 3 amide bonds. The molecule has 0 bridgehead atoms. The van der Waals surface area contributed by atoms with E-state index in [-0.39, 0.29) is 59.2 Å². The highest BCUT2D eigenvalue weighted by Crippen LogP contribution is 2.45. The van der Waals surface area contributed by atoms with E-state index in [1.807, 2.05) is 12.1 Å².